The third-order valence-electron chi connectivity index (χ3n) is 6.41. The second kappa shape index (κ2) is 7.79. The monoisotopic (exact) mass is 428 g/mol. The molecule has 0 bridgehead atoms. The summed E-state index contributed by atoms with van der Waals surface area (Å²) in [5, 5.41) is 2.58. The number of hydrogen-bond acceptors (Lipinski definition) is 5. The molecule has 5 rings (SSSR count). The van der Waals surface area contributed by atoms with Crippen LogP contribution in [0.15, 0.2) is 54.7 Å². The Hall–Kier alpha value is -3.67. The second-order valence-electron chi connectivity index (χ2n) is 8.41. The zero-order valence-electron chi connectivity index (χ0n) is 18.1. The van der Waals surface area contributed by atoms with Gasteiger partial charge in [0.1, 0.15) is 11.5 Å². The Kier molecular flexibility index (Phi) is 4.93. The molecular weight excluding hydrogens is 404 g/mol. The van der Waals surface area contributed by atoms with Gasteiger partial charge in [-0.15, -0.1) is 0 Å². The van der Waals surface area contributed by atoms with Gasteiger partial charge in [-0.1, -0.05) is 30.3 Å². The van der Waals surface area contributed by atoms with Crippen LogP contribution in [-0.2, 0) is 16.6 Å². The summed E-state index contributed by atoms with van der Waals surface area (Å²) < 4.78 is 10.9. The summed E-state index contributed by atoms with van der Waals surface area (Å²) >= 11 is 0. The molecule has 2 aromatic carbocycles. The zero-order chi connectivity index (χ0) is 22.3. The molecule has 1 aliphatic carbocycles. The van der Waals surface area contributed by atoms with E-state index in [0.717, 1.165) is 46.4 Å². The van der Waals surface area contributed by atoms with E-state index in [1.165, 1.54) is 0 Å². The lowest BCUT2D eigenvalue weighted by Crippen LogP contribution is -2.22. The molecule has 3 aromatic rings. The largest absolute Gasteiger partial charge is 0.454 e. The minimum absolute atomic E-state index is 0.217. The van der Waals surface area contributed by atoms with Gasteiger partial charge in [0.05, 0.1) is 5.41 Å². The molecule has 1 amide bonds. The number of nitrogens with one attached hydrogen (secondary N) is 1. The van der Waals surface area contributed by atoms with E-state index in [0.29, 0.717) is 17.9 Å². The maximum atomic E-state index is 13.4. The molecule has 0 atom stereocenters. The Morgan fingerprint density at radius 3 is 2.56 bits per heavy atom. The molecule has 6 heteroatoms. The van der Waals surface area contributed by atoms with Crippen LogP contribution >= 0.6 is 0 Å². The van der Waals surface area contributed by atoms with Crippen molar-refractivity contribution in [1.29, 1.82) is 0 Å². The number of carbonyl (C=O) groups excluding carboxylic acids is 2. The topological polar surface area (TPSA) is 77.5 Å². The maximum Gasteiger partial charge on any atom is 0.269 e. The van der Waals surface area contributed by atoms with Crippen LogP contribution in [0, 0.1) is 6.92 Å². The van der Waals surface area contributed by atoms with Crippen molar-refractivity contribution in [3.63, 3.8) is 0 Å². The molecule has 0 radical (unpaired) electrons. The third-order valence-corrected chi connectivity index (χ3v) is 6.41. The number of nitrogens with zero attached hydrogens (tertiary/aromatic N) is 1. The molecule has 1 N–H and O–H groups in total. The molecule has 0 saturated heterocycles. The number of pyridine rings is 1. The van der Waals surface area contributed by atoms with Gasteiger partial charge >= 0.3 is 0 Å². The lowest BCUT2D eigenvalue weighted by atomic mass is 9.87. The minimum atomic E-state index is -0.428. The van der Waals surface area contributed by atoms with Gasteiger partial charge in [0.25, 0.3) is 5.91 Å². The highest BCUT2D eigenvalue weighted by atomic mass is 16.7. The Morgan fingerprint density at radius 1 is 1.03 bits per heavy atom. The van der Waals surface area contributed by atoms with Crippen molar-refractivity contribution in [2.75, 3.05) is 13.8 Å². The highest BCUT2D eigenvalue weighted by Gasteiger charge is 2.50. The molecule has 0 spiro atoms. The van der Waals surface area contributed by atoms with Gasteiger partial charge < -0.3 is 14.8 Å². The summed E-state index contributed by atoms with van der Waals surface area (Å²) in [7, 11) is 1.58. The van der Waals surface area contributed by atoms with Crippen molar-refractivity contribution in [3.8, 4) is 22.6 Å². The third kappa shape index (κ3) is 3.51. The van der Waals surface area contributed by atoms with Gasteiger partial charge in [-0.3, -0.25) is 14.6 Å². The first-order valence-corrected chi connectivity index (χ1v) is 10.7. The lowest BCUT2D eigenvalue weighted by Gasteiger charge is -2.16. The predicted molar refractivity (Wildman–Crippen MR) is 120 cm³/mol. The number of hydrogen-bond donors (Lipinski definition) is 1. The Bertz CT molecular complexity index is 1210. The number of rotatable bonds is 6. The first kappa shape index (κ1) is 20.2. The first-order chi connectivity index (χ1) is 15.5. The summed E-state index contributed by atoms with van der Waals surface area (Å²) in [4.78, 5) is 29.4. The van der Waals surface area contributed by atoms with Crippen LogP contribution < -0.4 is 14.8 Å². The van der Waals surface area contributed by atoms with Crippen molar-refractivity contribution in [2.24, 2.45) is 0 Å². The van der Waals surface area contributed by atoms with Crippen molar-refractivity contribution < 1.29 is 19.1 Å². The van der Waals surface area contributed by atoms with Crippen LogP contribution in [0.3, 0.4) is 0 Å². The highest BCUT2D eigenvalue weighted by molar-refractivity contribution is 5.95. The fourth-order valence-corrected chi connectivity index (χ4v) is 4.31. The van der Waals surface area contributed by atoms with E-state index in [4.69, 9.17) is 9.47 Å². The van der Waals surface area contributed by atoms with Crippen LogP contribution in [0.25, 0.3) is 11.1 Å². The average molecular weight is 428 g/mol. The lowest BCUT2D eigenvalue weighted by molar-refractivity contribution is -0.120. The van der Waals surface area contributed by atoms with Crippen molar-refractivity contribution in [3.05, 3.63) is 77.1 Å². The van der Waals surface area contributed by atoms with Gasteiger partial charge in [0.15, 0.2) is 11.5 Å². The number of aromatic nitrogens is 1. The van der Waals surface area contributed by atoms with Crippen molar-refractivity contribution in [2.45, 2.75) is 31.6 Å². The standard InChI is InChI=1S/C26H24N2O4/c1-16-3-4-17(11-20(16)18-5-7-21(28-14-18)25(30)27-2)12-24(29)26(9-10-26)19-6-8-22-23(13-19)32-15-31-22/h3-8,11,13-14H,9-10,12,15H2,1-2H3,(H,27,30). The van der Waals surface area contributed by atoms with E-state index < -0.39 is 5.41 Å². The molecular formula is C26H24N2O4. The van der Waals surface area contributed by atoms with Crippen LogP contribution in [0.2, 0.25) is 0 Å². The molecule has 1 aromatic heterocycles. The van der Waals surface area contributed by atoms with Crippen LogP contribution in [0.4, 0.5) is 0 Å². The van der Waals surface area contributed by atoms with Crippen LogP contribution in [0.5, 0.6) is 11.5 Å². The highest BCUT2D eigenvalue weighted by Crippen LogP contribution is 2.51. The summed E-state index contributed by atoms with van der Waals surface area (Å²) in [5.74, 6) is 1.45. The predicted octanol–water partition coefficient (Wildman–Crippen LogP) is 3.99. The Balaban J connectivity index is 1.38. The number of aryl methyl sites for hydroxylation is 1. The smallest absolute Gasteiger partial charge is 0.269 e. The quantitative estimate of drug-likeness (QED) is 0.642. The van der Waals surface area contributed by atoms with Gasteiger partial charge in [-0.25, -0.2) is 0 Å². The summed E-state index contributed by atoms with van der Waals surface area (Å²) in [5.41, 5.74) is 4.95. The number of ether oxygens (including phenoxy) is 2. The van der Waals surface area contributed by atoms with Gasteiger partial charge in [0, 0.05) is 25.2 Å². The SMILES string of the molecule is CNC(=O)c1ccc(-c2cc(CC(=O)C3(c4ccc5c(c4)OCO5)CC3)ccc2C)cn1. The second-order valence-corrected chi connectivity index (χ2v) is 8.41. The van der Waals surface area contributed by atoms with Crippen molar-refractivity contribution >= 4 is 11.7 Å². The summed E-state index contributed by atoms with van der Waals surface area (Å²) in [6.07, 6.45) is 3.78. The fraction of sp³-hybridized carbons (Fsp3) is 0.269. The molecule has 2 aliphatic rings. The summed E-state index contributed by atoms with van der Waals surface area (Å²) in [6.45, 7) is 2.26. The van der Waals surface area contributed by atoms with Gasteiger partial charge in [0.2, 0.25) is 6.79 Å². The van der Waals surface area contributed by atoms with Gasteiger partial charge in [-0.2, -0.15) is 0 Å². The zero-order valence-corrected chi connectivity index (χ0v) is 18.1. The van der Waals surface area contributed by atoms with Crippen LogP contribution in [-0.4, -0.2) is 30.5 Å². The van der Waals surface area contributed by atoms with E-state index in [1.807, 2.05) is 43.3 Å². The number of carbonyl (C=O) groups is 2. The van der Waals surface area contributed by atoms with Gasteiger partial charge in [-0.05, 0) is 60.2 Å². The van der Waals surface area contributed by atoms with E-state index in [1.54, 1.807) is 19.3 Å². The number of ketones is 1. The first-order valence-electron chi connectivity index (χ1n) is 10.7. The average Bonchev–Trinajstić information content (AvgIpc) is 3.50. The van der Waals surface area contributed by atoms with Crippen LogP contribution in [0.1, 0.15) is 40.0 Å². The molecule has 1 fully saturated rings. The molecule has 162 valence electrons. The van der Waals surface area contributed by atoms with E-state index in [9.17, 15) is 9.59 Å². The maximum absolute atomic E-state index is 13.4. The molecule has 6 nitrogen and oxygen atoms in total. The van der Waals surface area contributed by atoms with Crippen molar-refractivity contribution in [1.82, 2.24) is 10.3 Å². The number of benzene rings is 2. The number of amides is 1. The molecule has 1 saturated carbocycles. The molecule has 0 unspecified atom stereocenters. The Labute approximate surface area is 186 Å². The minimum Gasteiger partial charge on any atom is -0.454 e. The normalized spacial score (nSPS) is 15.3. The molecule has 32 heavy (non-hydrogen) atoms. The van der Waals surface area contributed by atoms with E-state index in [-0.39, 0.29) is 18.5 Å². The number of fused-ring (bicyclic) bond motifs is 1. The Morgan fingerprint density at radius 2 is 1.84 bits per heavy atom. The van der Waals surface area contributed by atoms with E-state index >= 15 is 0 Å². The summed E-state index contributed by atoms with van der Waals surface area (Å²) in [6, 6.07) is 15.5. The fourth-order valence-electron chi connectivity index (χ4n) is 4.31. The number of Topliss-reactive ketones (excluding diaryl/α,β-unsaturated/α-hetero) is 1. The molecule has 2 heterocycles. The molecule has 1 aliphatic heterocycles. The van der Waals surface area contributed by atoms with E-state index in [2.05, 4.69) is 16.4 Å².